The molecule has 0 aliphatic heterocycles. The lowest BCUT2D eigenvalue weighted by Gasteiger charge is -2.15. The second kappa shape index (κ2) is 5.33. The Kier molecular flexibility index (Phi) is 3.48. The molecule has 1 aliphatic carbocycles. The molecule has 0 saturated carbocycles. The molecular formula is C17H18N2O3. The summed E-state index contributed by atoms with van der Waals surface area (Å²) in [7, 11) is 1.53. The highest BCUT2D eigenvalue weighted by molar-refractivity contribution is 5.96. The van der Waals surface area contributed by atoms with Gasteiger partial charge in [-0.05, 0) is 37.0 Å². The van der Waals surface area contributed by atoms with Crippen molar-refractivity contribution < 1.29 is 9.90 Å². The quantitative estimate of drug-likeness (QED) is 0.888. The Bertz CT molecular complexity index is 808. The zero-order chi connectivity index (χ0) is 15.9. The van der Waals surface area contributed by atoms with Crippen molar-refractivity contribution in [2.45, 2.75) is 25.8 Å². The number of benzene rings is 1. The summed E-state index contributed by atoms with van der Waals surface area (Å²) in [4.78, 5) is 24.1. The highest BCUT2D eigenvalue weighted by Crippen LogP contribution is 2.32. The van der Waals surface area contributed by atoms with Gasteiger partial charge >= 0.3 is 0 Å². The van der Waals surface area contributed by atoms with Gasteiger partial charge in [0.2, 0.25) is 0 Å². The molecule has 1 atom stereocenters. The maximum absolute atomic E-state index is 12.4. The molecular weight excluding hydrogens is 280 g/mol. The average Bonchev–Trinajstić information content (AvgIpc) is 2.87. The third-order valence-corrected chi connectivity index (χ3v) is 4.17. The standard InChI is InChI=1S/C17H18N2O3/c1-10-3-4-11-5-6-14(13(11)9-10)18-16(21)12-7-8-19(2)17(22)15(12)20/h3-4,7-9,14,20H,5-6H2,1-2H3,(H,18,21). The Morgan fingerprint density at radius 3 is 2.91 bits per heavy atom. The second-order valence-corrected chi connectivity index (χ2v) is 5.76. The molecule has 1 aromatic heterocycles. The van der Waals surface area contributed by atoms with E-state index in [4.69, 9.17) is 0 Å². The number of carbonyl (C=O) groups excluding carboxylic acids is 1. The van der Waals surface area contributed by atoms with E-state index in [0.29, 0.717) is 0 Å². The zero-order valence-electron chi connectivity index (χ0n) is 12.6. The fourth-order valence-corrected chi connectivity index (χ4v) is 2.91. The van der Waals surface area contributed by atoms with Gasteiger partial charge in [-0.3, -0.25) is 9.59 Å². The Labute approximate surface area is 128 Å². The first-order valence-electron chi connectivity index (χ1n) is 7.26. The normalized spacial score (nSPS) is 16.4. The van der Waals surface area contributed by atoms with Crippen LogP contribution in [0.2, 0.25) is 0 Å². The predicted molar refractivity (Wildman–Crippen MR) is 83.1 cm³/mol. The first-order valence-corrected chi connectivity index (χ1v) is 7.26. The summed E-state index contributed by atoms with van der Waals surface area (Å²) in [6, 6.07) is 7.61. The predicted octanol–water partition coefficient (Wildman–Crippen LogP) is 1.82. The number of aromatic hydroxyl groups is 1. The highest BCUT2D eigenvalue weighted by Gasteiger charge is 2.25. The maximum atomic E-state index is 12.4. The number of carbonyl (C=O) groups is 1. The van der Waals surface area contributed by atoms with E-state index >= 15 is 0 Å². The van der Waals surface area contributed by atoms with E-state index in [0.717, 1.165) is 24.0 Å². The van der Waals surface area contributed by atoms with Gasteiger partial charge in [-0.15, -0.1) is 0 Å². The van der Waals surface area contributed by atoms with Crippen molar-refractivity contribution in [1.29, 1.82) is 0 Å². The Morgan fingerprint density at radius 1 is 1.36 bits per heavy atom. The highest BCUT2D eigenvalue weighted by atomic mass is 16.3. The minimum absolute atomic E-state index is 0.0178. The summed E-state index contributed by atoms with van der Waals surface area (Å²) in [6.45, 7) is 2.02. The van der Waals surface area contributed by atoms with Crippen LogP contribution in [0.1, 0.15) is 39.5 Å². The number of hydrogen-bond acceptors (Lipinski definition) is 3. The number of nitrogens with zero attached hydrogens (tertiary/aromatic N) is 1. The minimum Gasteiger partial charge on any atom is -0.502 e. The molecule has 1 heterocycles. The summed E-state index contributed by atoms with van der Waals surface area (Å²) in [5, 5.41) is 12.8. The first kappa shape index (κ1) is 14.4. The Morgan fingerprint density at radius 2 is 2.14 bits per heavy atom. The van der Waals surface area contributed by atoms with E-state index in [2.05, 4.69) is 23.5 Å². The maximum Gasteiger partial charge on any atom is 0.293 e. The number of amides is 1. The van der Waals surface area contributed by atoms with Gasteiger partial charge in [0.05, 0.1) is 11.6 Å². The summed E-state index contributed by atoms with van der Waals surface area (Å²) < 4.78 is 1.24. The lowest BCUT2D eigenvalue weighted by molar-refractivity contribution is 0.0933. The largest absolute Gasteiger partial charge is 0.502 e. The van der Waals surface area contributed by atoms with Crippen molar-refractivity contribution in [3.8, 4) is 5.75 Å². The molecule has 0 spiro atoms. The summed E-state index contributed by atoms with van der Waals surface area (Å²) in [5.41, 5.74) is 2.96. The summed E-state index contributed by atoms with van der Waals surface area (Å²) in [5.74, 6) is -0.931. The molecule has 5 heteroatoms. The molecule has 3 rings (SSSR count). The average molecular weight is 298 g/mol. The molecule has 114 valence electrons. The van der Waals surface area contributed by atoms with Crippen molar-refractivity contribution in [2.24, 2.45) is 7.05 Å². The van der Waals surface area contributed by atoms with Gasteiger partial charge in [-0.1, -0.05) is 23.8 Å². The summed E-state index contributed by atoms with van der Waals surface area (Å²) >= 11 is 0. The van der Waals surface area contributed by atoms with Crippen molar-refractivity contribution >= 4 is 5.91 Å². The third kappa shape index (κ3) is 2.39. The molecule has 22 heavy (non-hydrogen) atoms. The second-order valence-electron chi connectivity index (χ2n) is 5.76. The molecule has 5 nitrogen and oxygen atoms in total. The number of nitrogens with one attached hydrogen (secondary N) is 1. The lowest BCUT2D eigenvalue weighted by Crippen LogP contribution is -2.29. The van der Waals surface area contributed by atoms with Crippen LogP contribution < -0.4 is 10.9 Å². The third-order valence-electron chi connectivity index (χ3n) is 4.17. The number of aromatic nitrogens is 1. The van der Waals surface area contributed by atoms with Crippen LogP contribution in [0.5, 0.6) is 5.75 Å². The van der Waals surface area contributed by atoms with Crippen LogP contribution in [0, 0.1) is 6.92 Å². The van der Waals surface area contributed by atoms with E-state index in [1.165, 1.54) is 29.4 Å². The molecule has 0 bridgehead atoms. The van der Waals surface area contributed by atoms with Crippen LogP contribution in [0.4, 0.5) is 0 Å². The Balaban J connectivity index is 1.87. The molecule has 2 N–H and O–H groups in total. The molecule has 0 saturated heterocycles. The molecule has 1 unspecified atom stereocenters. The van der Waals surface area contributed by atoms with Crippen LogP contribution in [-0.4, -0.2) is 15.6 Å². The minimum atomic E-state index is -0.574. The lowest BCUT2D eigenvalue weighted by atomic mass is 10.0. The van der Waals surface area contributed by atoms with Crippen LogP contribution in [0.3, 0.4) is 0 Å². The van der Waals surface area contributed by atoms with Crippen molar-refractivity contribution in [2.75, 3.05) is 0 Å². The van der Waals surface area contributed by atoms with E-state index < -0.39 is 17.2 Å². The van der Waals surface area contributed by atoms with Gasteiger partial charge in [-0.25, -0.2) is 0 Å². The monoisotopic (exact) mass is 298 g/mol. The van der Waals surface area contributed by atoms with Crippen LogP contribution >= 0.6 is 0 Å². The van der Waals surface area contributed by atoms with Crippen LogP contribution in [0.15, 0.2) is 35.3 Å². The SMILES string of the molecule is Cc1ccc2c(c1)C(NC(=O)c1ccn(C)c(=O)c1O)CC2. The number of rotatable bonds is 2. The fourth-order valence-electron chi connectivity index (χ4n) is 2.91. The van der Waals surface area contributed by atoms with Gasteiger partial charge in [0.1, 0.15) is 0 Å². The van der Waals surface area contributed by atoms with Crippen molar-refractivity contribution in [3.05, 3.63) is 63.1 Å². The molecule has 1 aliphatic rings. The van der Waals surface area contributed by atoms with E-state index in [1.54, 1.807) is 0 Å². The van der Waals surface area contributed by atoms with Gasteiger partial charge in [-0.2, -0.15) is 0 Å². The number of fused-ring (bicyclic) bond motifs is 1. The number of pyridine rings is 1. The number of aryl methyl sites for hydroxylation is 3. The van der Waals surface area contributed by atoms with E-state index in [9.17, 15) is 14.7 Å². The molecule has 1 aromatic carbocycles. The van der Waals surface area contributed by atoms with Gasteiger partial charge in [0.15, 0.2) is 5.75 Å². The Hall–Kier alpha value is -2.56. The van der Waals surface area contributed by atoms with Crippen LogP contribution in [0.25, 0.3) is 0 Å². The van der Waals surface area contributed by atoms with Crippen LogP contribution in [-0.2, 0) is 13.5 Å². The first-order chi connectivity index (χ1) is 10.5. The molecule has 2 aromatic rings. The van der Waals surface area contributed by atoms with Crippen molar-refractivity contribution in [3.63, 3.8) is 0 Å². The van der Waals surface area contributed by atoms with E-state index in [1.807, 2.05) is 6.92 Å². The molecule has 0 radical (unpaired) electrons. The van der Waals surface area contributed by atoms with Gasteiger partial charge < -0.3 is 15.0 Å². The van der Waals surface area contributed by atoms with Gasteiger partial charge in [0.25, 0.3) is 11.5 Å². The summed E-state index contributed by atoms with van der Waals surface area (Å²) in [6.07, 6.45) is 3.23. The molecule has 1 amide bonds. The molecule has 0 fully saturated rings. The van der Waals surface area contributed by atoms with Gasteiger partial charge in [0, 0.05) is 13.2 Å². The smallest absolute Gasteiger partial charge is 0.293 e. The number of hydrogen-bond donors (Lipinski definition) is 2. The zero-order valence-corrected chi connectivity index (χ0v) is 12.6. The van der Waals surface area contributed by atoms with E-state index in [-0.39, 0.29) is 11.6 Å². The fraction of sp³-hybridized carbons (Fsp3) is 0.294. The van der Waals surface area contributed by atoms with Crippen molar-refractivity contribution in [1.82, 2.24) is 9.88 Å². The topological polar surface area (TPSA) is 71.3 Å².